The molecule has 0 aromatic rings. The second-order valence-corrected chi connectivity index (χ2v) is 2.42. The first kappa shape index (κ1) is 10.2. The minimum atomic E-state index is -0.619. The highest BCUT2D eigenvalue weighted by Gasteiger charge is 1.96. The lowest BCUT2D eigenvalue weighted by Gasteiger charge is -2.00. The highest BCUT2D eigenvalue weighted by Crippen LogP contribution is 2.01. The van der Waals surface area contributed by atoms with Gasteiger partial charge in [-0.15, -0.1) is 0 Å². The molecule has 62 valence electrons. The minimum Gasteiger partial charge on any atom is -0.380 e. The molecule has 1 atom stereocenters. The fourth-order valence-electron chi connectivity index (χ4n) is 0.790. The van der Waals surface area contributed by atoms with Crippen molar-refractivity contribution < 1.29 is 9.90 Å². The molecule has 0 aromatic heterocycles. The Morgan fingerprint density at radius 1 is 1.55 bits per heavy atom. The Kier molecular flexibility index (Phi) is 6.76. The number of aliphatic hydroxyl groups excluding tert-OH is 1. The number of unbranched alkanes of at least 4 members (excludes halogenated alkanes) is 2. The Hall–Kier alpha value is -0.810. The van der Waals surface area contributed by atoms with Gasteiger partial charge in [-0.3, -0.25) is 4.79 Å². The monoisotopic (exact) mass is 154 g/mol. The van der Waals surface area contributed by atoms with E-state index in [-0.39, 0.29) is 0 Å². The van der Waals surface area contributed by atoms with E-state index in [1.165, 1.54) is 0 Å². The maximum Gasteiger partial charge on any atom is 0.192 e. The quantitative estimate of drug-likeness (QED) is 0.374. The highest BCUT2D eigenvalue weighted by atomic mass is 16.3. The van der Waals surface area contributed by atoms with Crippen LogP contribution in [0.2, 0.25) is 0 Å². The van der Waals surface area contributed by atoms with Crippen LogP contribution in [0.15, 0.2) is 0 Å². The number of rotatable bonds is 4. The zero-order chi connectivity index (χ0) is 8.53. The maximum atomic E-state index is 9.75. The molecule has 0 bridgehead atoms. The fraction of sp³-hybridized carbons (Fsp3) is 0.667. The molecule has 2 heteroatoms. The van der Waals surface area contributed by atoms with Gasteiger partial charge in [0.25, 0.3) is 0 Å². The molecule has 0 amide bonds. The molecule has 0 aliphatic rings. The van der Waals surface area contributed by atoms with Crippen molar-refractivity contribution in [2.24, 2.45) is 0 Å². The average molecular weight is 154 g/mol. The van der Waals surface area contributed by atoms with E-state index in [4.69, 9.17) is 5.11 Å². The molecule has 0 aromatic carbocycles. The summed E-state index contributed by atoms with van der Waals surface area (Å²) < 4.78 is 0. The number of hydrogen-bond acceptors (Lipinski definition) is 2. The molecule has 0 fully saturated rings. The largest absolute Gasteiger partial charge is 0.380 e. The first-order valence-electron chi connectivity index (χ1n) is 3.94. The summed E-state index contributed by atoms with van der Waals surface area (Å²) in [6, 6.07) is 0. The first-order chi connectivity index (χ1) is 5.31. The third-order valence-corrected chi connectivity index (χ3v) is 1.39. The lowest BCUT2D eigenvalue weighted by molar-refractivity contribution is -0.103. The van der Waals surface area contributed by atoms with E-state index in [0.29, 0.717) is 12.7 Å². The van der Waals surface area contributed by atoms with Gasteiger partial charge in [-0.2, -0.15) is 0 Å². The predicted octanol–water partition coefficient (Wildman–Crippen LogP) is 1.13. The van der Waals surface area contributed by atoms with Crippen LogP contribution in [-0.4, -0.2) is 17.5 Å². The molecule has 0 aliphatic heterocycles. The summed E-state index contributed by atoms with van der Waals surface area (Å²) in [5.41, 5.74) is 0. The molecule has 0 aliphatic carbocycles. The summed E-state index contributed by atoms with van der Waals surface area (Å²) in [5, 5.41) is 9.07. The molecule has 1 N–H and O–H groups in total. The van der Waals surface area contributed by atoms with E-state index < -0.39 is 6.10 Å². The highest BCUT2D eigenvalue weighted by molar-refractivity contribution is 5.72. The second-order valence-electron chi connectivity index (χ2n) is 2.42. The van der Waals surface area contributed by atoms with Crippen molar-refractivity contribution in [1.29, 1.82) is 0 Å². The van der Waals surface area contributed by atoms with E-state index in [1.54, 1.807) is 0 Å². The Bertz CT molecular complexity index is 153. The number of carbonyl (C=O) groups is 1. The molecule has 0 unspecified atom stereocenters. The lowest BCUT2D eigenvalue weighted by Crippen LogP contribution is -2.01. The van der Waals surface area contributed by atoms with Crippen LogP contribution in [-0.2, 0) is 4.79 Å². The molecule has 0 radical (unpaired) electrons. The van der Waals surface area contributed by atoms with Crippen molar-refractivity contribution in [3.63, 3.8) is 0 Å². The molecule has 0 rings (SSSR count). The summed E-state index contributed by atoms with van der Waals surface area (Å²) >= 11 is 0. The second kappa shape index (κ2) is 7.30. The number of aldehydes is 1. The third-order valence-electron chi connectivity index (χ3n) is 1.39. The smallest absolute Gasteiger partial charge is 0.192 e. The number of aliphatic hydroxyl groups is 1. The van der Waals surface area contributed by atoms with Crippen LogP contribution in [0, 0.1) is 11.8 Å². The van der Waals surface area contributed by atoms with Crippen molar-refractivity contribution >= 4 is 6.29 Å². The van der Waals surface area contributed by atoms with E-state index in [0.717, 1.165) is 19.3 Å². The topological polar surface area (TPSA) is 37.3 Å². The van der Waals surface area contributed by atoms with Gasteiger partial charge in [0.2, 0.25) is 0 Å². The van der Waals surface area contributed by atoms with Crippen LogP contribution in [0.25, 0.3) is 0 Å². The average Bonchev–Trinajstić information content (AvgIpc) is 2.01. The molecule has 0 spiro atoms. The molecular formula is C9H14O2. The van der Waals surface area contributed by atoms with Crippen LogP contribution in [0.5, 0.6) is 0 Å². The zero-order valence-electron chi connectivity index (χ0n) is 6.84. The number of hydrogen-bond donors (Lipinski definition) is 1. The Balaban J connectivity index is 3.36. The van der Waals surface area contributed by atoms with Gasteiger partial charge in [0.1, 0.15) is 6.10 Å². The molecule has 2 nitrogen and oxygen atoms in total. The SMILES string of the molecule is CCCCC[C@H](O)C#CC=O. The van der Waals surface area contributed by atoms with Gasteiger partial charge in [-0.25, -0.2) is 0 Å². The van der Waals surface area contributed by atoms with E-state index in [9.17, 15) is 4.79 Å². The van der Waals surface area contributed by atoms with Gasteiger partial charge < -0.3 is 5.11 Å². The van der Waals surface area contributed by atoms with Gasteiger partial charge in [0, 0.05) is 0 Å². The van der Waals surface area contributed by atoms with Crippen molar-refractivity contribution in [1.82, 2.24) is 0 Å². The van der Waals surface area contributed by atoms with Crippen molar-refractivity contribution in [3.8, 4) is 11.8 Å². The van der Waals surface area contributed by atoms with Crippen LogP contribution in [0.4, 0.5) is 0 Å². The summed E-state index contributed by atoms with van der Waals surface area (Å²) in [6.45, 7) is 2.10. The van der Waals surface area contributed by atoms with Crippen LogP contribution >= 0.6 is 0 Å². The van der Waals surface area contributed by atoms with E-state index in [2.05, 4.69) is 18.8 Å². The molecular weight excluding hydrogens is 140 g/mol. The minimum absolute atomic E-state index is 0.503. The van der Waals surface area contributed by atoms with Gasteiger partial charge in [-0.05, 0) is 18.8 Å². The van der Waals surface area contributed by atoms with Gasteiger partial charge in [0.05, 0.1) is 0 Å². The van der Waals surface area contributed by atoms with Crippen LogP contribution < -0.4 is 0 Å². The number of carbonyl (C=O) groups excluding carboxylic acids is 1. The first-order valence-corrected chi connectivity index (χ1v) is 3.94. The zero-order valence-corrected chi connectivity index (χ0v) is 6.84. The van der Waals surface area contributed by atoms with Crippen LogP contribution in [0.3, 0.4) is 0 Å². The standard InChI is InChI=1S/C9H14O2/c1-2-3-4-6-9(11)7-5-8-10/h8-9,11H,2-4,6H2,1H3/t9-/m0/s1. The molecule has 11 heavy (non-hydrogen) atoms. The predicted molar refractivity (Wildman–Crippen MR) is 44.0 cm³/mol. The Morgan fingerprint density at radius 3 is 2.82 bits per heavy atom. The van der Waals surface area contributed by atoms with Crippen molar-refractivity contribution in [2.75, 3.05) is 0 Å². The summed E-state index contributed by atoms with van der Waals surface area (Å²) in [4.78, 5) is 9.75. The summed E-state index contributed by atoms with van der Waals surface area (Å²) in [6.07, 6.45) is 3.78. The normalized spacial score (nSPS) is 11.5. The van der Waals surface area contributed by atoms with Crippen molar-refractivity contribution in [2.45, 2.75) is 38.7 Å². The maximum absolute atomic E-state index is 9.75. The van der Waals surface area contributed by atoms with Crippen LogP contribution in [0.1, 0.15) is 32.6 Å². The van der Waals surface area contributed by atoms with Crippen molar-refractivity contribution in [3.05, 3.63) is 0 Å². The fourth-order valence-corrected chi connectivity index (χ4v) is 0.790. The lowest BCUT2D eigenvalue weighted by atomic mass is 10.1. The van der Waals surface area contributed by atoms with Gasteiger partial charge in [-0.1, -0.05) is 25.7 Å². The van der Waals surface area contributed by atoms with E-state index in [1.807, 2.05) is 0 Å². The summed E-state index contributed by atoms with van der Waals surface area (Å²) in [5.74, 6) is 4.62. The van der Waals surface area contributed by atoms with E-state index >= 15 is 0 Å². The molecule has 0 saturated carbocycles. The van der Waals surface area contributed by atoms with Gasteiger partial charge >= 0.3 is 0 Å². The molecule has 0 saturated heterocycles. The third kappa shape index (κ3) is 7.08. The Morgan fingerprint density at radius 2 is 2.27 bits per heavy atom. The Labute approximate surface area is 67.6 Å². The molecule has 0 heterocycles. The van der Waals surface area contributed by atoms with Gasteiger partial charge in [0.15, 0.2) is 6.29 Å². The summed E-state index contributed by atoms with van der Waals surface area (Å²) in [7, 11) is 0.